The van der Waals surface area contributed by atoms with Gasteiger partial charge >= 0.3 is 0 Å². The lowest BCUT2D eigenvalue weighted by atomic mass is 10.3. The Morgan fingerprint density at radius 2 is 2.57 bits per heavy atom. The quantitative estimate of drug-likeness (QED) is 0.705. The van der Waals surface area contributed by atoms with Crippen LogP contribution >= 0.6 is 11.6 Å². The number of hydrogen-bond donors (Lipinski definition) is 0. The van der Waals surface area contributed by atoms with Crippen LogP contribution in [0.4, 0.5) is 6.01 Å². The molecule has 0 radical (unpaired) electrons. The fourth-order valence-electron chi connectivity index (χ4n) is 1.50. The number of alkyl halides is 1. The summed E-state index contributed by atoms with van der Waals surface area (Å²) in [6, 6.07) is 0.649. The molecule has 1 fully saturated rings. The first-order valence-electron chi connectivity index (χ1n) is 4.66. The Morgan fingerprint density at radius 1 is 1.71 bits per heavy atom. The zero-order valence-electron chi connectivity index (χ0n) is 8.07. The van der Waals surface area contributed by atoms with Crippen LogP contribution in [0.25, 0.3) is 0 Å². The highest BCUT2D eigenvalue weighted by molar-refractivity contribution is 6.16. The van der Waals surface area contributed by atoms with E-state index in [9.17, 15) is 0 Å². The van der Waals surface area contributed by atoms with Gasteiger partial charge < -0.3 is 14.1 Å². The van der Waals surface area contributed by atoms with E-state index in [0.717, 1.165) is 25.4 Å². The maximum Gasteiger partial charge on any atom is 0.297 e. The molecule has 2 rings (SSSR count). The summed E-state index contributed by atoms with van der Waals surface area (Å²) in [5.41, 5.74) is 0.779. The molecule has 2 heterocycles. The molecule has 0 aliphatic carbocycles. The molecule has 0 bridgehead atoms. The lowest BCUT2D eigenvalue weighted by Gasteiger charge is -2.29. The molecule has 1 saturated heterocycles. The van der Waals surface area contributed by atoms with Crippen LogP contribution in [0.15, 0.2) is 10.7 Å². The standard InChI is InChI=1S/C9H13ClN2O2/c1-7-5-12(2-3-13-7)9-11-8(4-10)6-14-9/h6-7H,2-5H2,1H3. The van der Waals surface area contributed by atoms with Crippen LogP contribution in [0.3, 0.4) is 0 Å². The zero-order chi connectivity index (χ0) is 9.97. The van der Waals surface area contributed by atoms with Crippen molar-refractivity contribution in [2.24, 2.45) is 0 Å². The maximum atomic E-state index is 5.64. The van der Waals surface area contributed by atoms with Gasteiger partial charge in [-0.15, -0.1) is 11.6 Å². The Balaban J connectivity index is 2.06. The highest BCUT2D eigenvalue weighted by Gasteiger charge is 2.20. The average molecular weight is 217 g/mol. The van der Waals surface area contributed by atoms with Crippen LogP contribution in [-0.2, 0) is 10.6 Å². The van der Waals surface area contributed by atoms with E-state index in [2.05, 4.69) is 9.88 Å². The van der Waals surface area contributed by atoms with Gasteiger partial charge in [-0.2, -0.15) is 4.98 Å². The Kier molecular flexibility index (Phi) is 2.93. The van der Waals surface area contributed by atoms with E-state index in [1.807, 2.05) is 6.92 Å². The van der Waals surface area contributed by atoms with E-state index >= 15 is 0 Å². The summed E-state index contributed by atoms with van der Waals surface area (Å²) in [5.74, 6) is 0.392. The first-order valence-corrected chi connectivity index (χ1v) is 5.20. The van der Waals surface area contributed by atoms with Crippen LogP contribution in [0, 0.1) is 0 Å². The van der Waals surface area contributed by atoms with Crippen molar-refractivity contribution in [1.29, 1.82) is 0 Å². The zero-order valence-corrected chi connectivity index (χ0v) is 8.83. The third kappa shape index (κ3) is 2.01. The molecular weight excluding hydrogens is 204 g/mol. The van der Waals surface area contributed by atoms with Crippen molar-refractivity contribution >= 4 is 17.6 Å². The second-order valence-corrected chi connectivity index (χ2v) is 3.65. The van der Waals surface area contributed by atoms with Crippen LogP contribution in [-0.4, -0.2) is 30.8 Å². The minimum absolute atomic E-state index is 0.232. The van der Waals surface area contributed by atoms with E-state index < -0.39 is 0 Å². The smallest absolute Gasteiger partial charge is 0.297 e. The van der Waals surface area contributed by atoms with E-state index in [1.54, 1.807) is 6.26 Å². The Morgan fingerprint density at radius 3 is 3.21 bits per heavy atom. The van der Waals surface area contributed by atoms with Gasteiger partial charge in [-0.3, -0.25) is 0 Å². The normalized spacial score (nSPS) is 22.7. The summed E-state index contributed by atoms with van der Waals surface area (Å²) < 4.78 is 10.7. The Hall–Kier alpha value is -0.740. The van der Waals surface area contributed by atoms with Crippen molar-refractivity contribution in [2.45, 2.75) is 18.9 Å². The minimum atomic E-state index is 0.232. The lowest BCUT2D eigenvalue weighted by Crippen LogP contribution is -2.41. The van der Waals surface area contributed by atoms with Crippen LogP contribution in [0.5, 0.6) is 0 Å². The molecule has 0 N–H and O–H groups in total. The maximum absolute atomic E-state index is 5.64. The number of ether oxygens (including phenoxy) is 1. The van der Waals surface area contributed by atoms with E-state index in [0.29, 0.717) is 11.9 Å². The van der Waals surface area contributed by atoms with Crippen LogP contribution in [0.2, 0.25) is 0 Å². The second kappa shape index (κ2) is 4.19. The number of rotatable bonds is 2. The fourth-order valence-corrected chi connectivity index (χ4v) is 1.62. The lowest BCUT2D eigenvalue weighted by molar-refractivity contribution is 0.0514. The molecule has 1 aliphatic rings. The summed E-state index contributed by atoms with van der Waals surface area (Å²) in [6.45, 7) is 4.41. The van der Waals surface area contributed by atoms with Gasteiger partial charge in [0.05, 0.1) is 24.3 Å². The highest BCUT2D eigenvalue weighted by atomic mass is 35.5. The highest BCUT2D eigenvalue weighted by Crippen LogP contribution is 2.17. The Labute approximate surface area is 87.8 Å². The predicted molar refractivity (Wildman–Crippen MR) is 53.7 cm³/mol. The molecular formula is C9H13ClN2O2. The summed E-state index contributed by atoms with van der Waals surface area (Å²) in [7, 11) is 0. The molecule has 0 saturated carbocycles. The van der Waals surface area contributed by atoms with Gasteiger partial charge in [-0.1, -0.05) is 0 Å². The van der Waals surface area contributed by atoms with E-state index in [-0.39, 0.29) is 6.10 Å². The summed E-state index contributed by atoms with van der Waals surface area (Å²) in [5, 5.41) is 0. The Bertz CT molecular complexity index is 303. The first kappa shape index (κ1) is 9.80. The molecule has 1 unspecified atom stereocenters. The predicted octanol–water partition coefficient (Wildman–Crippen LogP) is 1.64. The van der Waals surface area contributed by atoms with Gasteiger partial charge in [0.1, 0.15) is 6.26 Å². The largest absolute Gasteiger partial charge is 0.432 e. The number of aromatic nitrogens is 1. The molecule has 1 aliphatic heterocycles. The molecule has 4 nitrogen and oxygen atoms in total. The van der Waals surface area contributed by atoms with Gasteiger partial charge in [-0.05, 0) is 6.92 Å². The van der Waals surface area contributed by atoms with Crippen molar-refractivity contribution in [3.8, 4) is 0 Å². The first-order chi connectivity index (χ1) is 6.79. The van der Waals surface area contributed by atoms with Gasteiger partial charge in [0.2, 0.25) is 0 Å². The summed E-state index contributed by atoms with van der Waals surface area (Å²) >= 11 is 5.64. The molecule has 5 heteroatoms. The van der Waals surface area contributed by atoms with Crippen molar-refractivity contribution in [1.82, 2.24) is 4.98 Å². The third-order valence-electron chi connectivity index (χ3n) is 2.19. The number of anilines is 1. The van der Waals surface area contributed by atoms with Crippen molar-refractivity contribution < 1.29 is 9.15 Å². The van der Waals surface area contributed by atoms with Gasteiger partial charge in [-0.25, -0.2) is 0 Å². The number of oxazole rings is 1. The molecule has 1 atom stereocenters. The third-order valence-corrected chi connectivity index (χ3v) is 2.46. The molecule has 1 aromatic rings. The summed E-state index contributed by atoms with van der Waals surface area (Å²) in [4.78, 5) is 6.33. The number of nitrogens with zero attached hydrogens (tertiary/aromatic N) is 2. The number of hydrogen-bond acceptors (Lipinski definition) is 4. The fraction of sp³-hybridized carbons (Fsp3) is 0.667. The molecule has 0 amide bonds. The van der Waals surface area contributed by atoms with Gasteiger partial charge in [0.25, 0.3) is 6.01 Å². The van der Waals surface area contributed by atoms with E-state index in [1.165, 1.54) is 0 Å². The number of morpholine rings is 1. The van der Waals surface area contributed by atoms with E-state index in [4.69, 9.17) is 20.8 Å². The van der Waals surface area contributed by atoms with Gasteiger partial charge in [0, 0.05) is 13.1 Å². The molecule has 0 aromatic carbocycles. The molecule has 0 spiro atoms. The second-order valence-electron chi connectivity index (χ2n) is 3.38. The topological polar surface area (TPSA) is 38.5 Å². The minimum Gasteiger partial charge on any atom is -0.432 e. The average Bonchev–Trinajstić information content (AvgIpc) is 2.66. The molecule has 78 valence electrons. The van der Waals surface area contributed by atoms with Crippen LogP contribution in [0.1, 0.15) is 12.6 Å². The number of halogens is 1. The van der Waals surface area contributed by atoms with Crippen molar-refractivity contribution in [3.05, 3.63) is 12.0 Å². The van der Waals surface area contributed by atoms with Crippen molar-refractivity contribution in [2.75, 3.05) is 24.6 Å². The summed E-state index contributed by atoms with van der Waals surface area (Å²) in [6.07, 6.45) is 1.83. The SMILES string of the molecule is CC1CN(c2nc(CCl)co2)CCO1. The van der Waals surface area contributed by atoms with Gasteiger partial charge in [0.15, 0.2) is 0 Å². The molecule has 14 heavy (non-hydrogen) atoms. The molecule has 1 aromatic heterocycles. The monoisotopic (exact) mass is 216 g/mol. The van der Waals surface area contributed by atoms with Crippen molar-refractivity contribution in [3.63, 3.8) is 0 Å². The van der Waals surface area contributed by atoms with Crippen LogP contribution < -0.4 is 4.90 Å².